The third kappa shape index (κ3) is 6.18. The Bertz CT molecular complexity index is 1540. The first-order valence-electron chi connectivity index (χ1n) is 13.6. The summed E-state index contributed by atoms with van der Waals surface area (Å²) in [6, 6.07) is 2.76. The number of hydrogen-bond acceptors (Lipinski definition) is 12. The van der Waals surface area contributed by atoms with Gasteiger partial charge in [0.2, 0.25) is 11.8 Å². The Morgan fingerprint density at radius 3 is 2.70 bits per heavy atom. The number of aliphatic hydroxyl groups excluding tert-OH is 1. The number of rotatable bonds is 10. The number of carbonyl (C=O) groups is 1. The maximum absolute atomic E-state index is 14.5. The zero-order valence-electron chi connectivity index (χ0n) is 23.5. The summed E-state index contributed by atoms with van der Waals surface area (Å²) in [6.45, 7) is 6.93. The van der Waals surface area contributed by atoms with Crippen molar-refractivity contribution in [1.29, 1.82) is 5.41 Å². The summed E-state index contributed by atoms with van der Waals surface area (Å²) in [7, 11) is 1.59. The van der Waals surface area contributed by atoms with Crippen molar-refractivity contribution < 1.29 is 28.5 Å². The molecule has 228 valence electrons. The van der Waals surface area contributed by atoms with E-state index >= 15 is 0 Å². The Morgan fingerprint density at radius 2 is 2.02 bits per heavy atom. The fraction of sp³-hybridized carbons (Fsp3) is 0.393. The monoisotopic (exact) mass is 614 g/mol. The number of aromatic nitrogens is 3. The smallest absolute Gasteiger partial charge is 0.319 e. The van der Waals surface area contributed by atoms with Crippen LogP contribution in [0.2, 0.25) is 5.02 Å². The highest BCUT2D eigenvalue weighted by atomic mass is 35.5. The molecular formula is C28H32ClFN8O5. The normalized spacial score (nSPS) is 19.1. The zero-order valence-corrected chi connectivity index (χ0v) is 24.3. The van der Waals surface area contributed by atoms with Gasteiger partial charge in [0, 0.05) is 71.0 Å². The van der Waals surface area contributed by atoms with Crippen molar-refractivity contribution in [3.8, 4) is 17.6 Å². The minimum atomic E-state index is -0.814. The number of likely N-dealkylation sites (tertiary alicyclic amines) is 1. The lowest BCUT2D eigenvalue weighted by molar-refractivity contribution is -0.126. The molecule has 13 nitrogen and oxygen atoms in total. The van der Waals surface area contributed by atoms with Crippen LogP contribution in [0.4, 0.5) is 15.9 Å². The van der Waals surface area contributed by atoms with Crippen LogP contribution in [0, 0.1) is 11.2 Å². The number of halogens is 2. The molecule has 4 heterocycles. The molecule has 2 fully saturated rings. The molecule has 2 atom stereocenters. The van der Waals surface area contributed by atoms with Crippen LogP contribution in [-0.4, -0.2) is 114 Å². The number of nitrogen functional groups attached to an aromatic ring is 1. The van der Waals surface area contributed by atoms with Gasteiger partial charge in [0.1, 0.15) is 34.4 Å². The number of nitrogens with two attached hydrogens (primary N) is 1. The van der Waals surface area contributed by atoms with Gasteiger partial charge in [0.05, 0.1) is 17.6 Å². The van der Waals surface area contributed by atoms with Crippen LogP contribution >= 0.6 is 11.6 Å². The SMILES string of the molecule is C=CC(=O)N1CCN(c2nc(O[C@@H]3CN(CCO)C[C@H]3OC)nc3c(Oc4c(Cl)c(F)cc(N)c4C=N)nccc23)CC1. The molecular weight excluding hydrogens is 583 g/mol. The van der Waals surface area contributed by atoms with Gasteiger partial charge in [-0.15, -0.1) is 0 Å². The predicted octanol–water partition coefficient (Wildman–Crippen LogP) is 2.09. The second-order valence-electron chi connectivity index (χ2n) is 10.0. The minimum absolute atomic E-state index is 0.00261. The number of methoxy groups -OCH3 is 1. The third-order valence-electron chi connectivity index (χ3n) is 7.46. The molecule has 0 spiro atoms. The van der Waals surface area contributed by atoms with Crippen molar-refractivity contribution in [3.05, 3.63) is 47.4 Å². The van der Waals surface area contributed by atoms with E-state index in [1.165, 1.54) is 12.3 Å². The number of pyridine rings is 1. The molecule has 4 N–H and O–H groups in total. The van der Waals surface area contributed by atoms with E-state index in [9.17, 15) is 14.3 Å². The van der Waals surface area contributed by atoms with Crippen molar-refractivity contribution in [3.63, 3.8) is 0 Å². The second kappa shape index (κ2) is 13.0. The maximum Gasteiger partial charge on any atom is 0.319 e. The highest BCUT2D eigenvalue weighted by molar-refractivity contribution is 6.33. The largest absolute Gasteiger partial charge is 0.456 e. The van der Waals surface area contributed by atoms with Gasteiger partial charge in [-0.1, -0.05) is 18.2 Å². The number of nitrogens with zero attached hydrogens (tertiary/aromatic N) is 6. The van der Waals surface area contributed by atoms with E-state index in [4.69, 9.17) is 41.9 Å². The average molecular weight is 615 g/mol. The third-order valence-corrected chi connectivity index (χ3v) is 7.81. The van der Waals surface area contributed by atoms with Crippen molar-refractivity contribution >= 4 is 46.1 Å². The maximum atomic E-state index is 14.5. The summed E-state index contributed by atoms with van der Waals surface area (Å²) in [4.78, 5) is 31.6. The number of β-amino-alcohol motifs (C(OH)–C–C–N with tert-alkyl or cyclic N) is 1. The van der Waals surface area contributed by atoms with E-state index in [2.05, 4.69) is 16.5 Å². The van der Waals surface area contributed by atoms with Gasteiger partial charge in [-0.2, -0.15) is 9.97 Å². The molecule has 1 aromatic carbocycles. The first-order chi connectivity index (χ1) is 20.8. The molecule has 2 aliphatic heterocycles. The minimum Gasteiger partial charge on any atom is -0.456 e. The van der Waals surface area contributed by atoms with Crippen LogP contribution in [0.15, 0.2) is 31.0 Å². The van der Waals surface area contributed by atoms with Crippen LogP contribution in [-0.2, 0) is 9.53 Å². The van der Waals surface area contributed by atoms with Crippen LogP contribution in [0.25, 0.3) is 10.9 Å². The molecule has 3 aromatic rings. The van der Waals surface area contributed by atoms with Crippen LogP contribution < -0.4 is 20.1 Å². The zero-order chi connectivity index (χ0) is 30.7. The van der Waals surface area contributed by atoms with E-state index in [0.717, 1.165) is 12.3 Å². The molecule has 43 heavy (non-hydrogen) atoms. The Kier molecular flexibility index (Phi) is 9.20. The number of amides is 1. The van der Waals surface area contributed by atoms with Gasteiger partial charge >= 0.3 is 6.01 Å². The van der Waals surface area contributed by atoms with Gasteiger partial charge in [0.15, 0.2) is 5.75 Å². The molecule has 0 radical (unpaired) electrons. The summed E-state index contributed by atoms with van der Waals surface area (Å²) in [5, 5.41) is 17.4. The number of hydrogen-bond donors (Lipinski definition) is 3. The first kappa shape index (κ1) is 30.4. The molecule has 2 saturated heterocycles. The van der Waals surface area contributed by atoms with E-state index in [1.54, 1.807) is 18.1 Å². The summed E-state index contributed by atoms with van der Waals surface area (Å²) < 4.78 is 32.5. The second-order valence-corrected chi connectivity index (χ2v) is 10.4. The highest BCUT2D eigenvalue weighted by Gasteiger charge is 2.35. The Balaban J connectivity index is 1.58. The highest BCUT2D eigenvalue weighted by Crippen LogP contribution is 2.40. The van der Waals surface area contributed by atoms with E-state index < -0.39 is 11.9 Å². The number of fused-ring (bicyclic) bond motifs is 1. The fourth-order valence-corrected chi connectivity index (χ4v) is 5.42. The molecule has 1 amide bonds. The topological polar surface area (TPSA) is 163 Å². The quantitative estimate of drug-likeness (QED) is 0.174. The molecule has 0 bridgehead atoms. The predicted molar refractivity (Wildman–Crippen MR) is 159 cm³/mol. The van der Waals surface area contributed by atoms with Crippen LogP contribution in [0.5, 0.6) is 17.6 Å². The Morgan fingerprint density at radius 1 is 1.28 bits per heavy atom. The summed E-state index contributed by atoms with van der Waals surface area (Å²) in [5.41, 5.74) is 6.24. The number of piperazine rings is 1. The molecule has 5 rings (SSSR count). The average Bonchev–Trinajstić information content (AvgIpc) is 3.40. The summed E-state index contributed by atoms with van der Waals surface area (Å²) in [5.74, 6) is -0.648. The lowest BCUT2D eigenvalue weighted by atomic mass is 10.1. The van der Waals surface area contributed by atoms with Gasteiger partial charge in [-0.25, -0.2) is 9.37 Å². The van der Waals surface area contributed by atoms with E-state index in [-0.39, 0.29) is 58.0 Å². The molecule has 2 aliphatic rings. The Hall–Kier alpha value is -4.11. The van der Waals surface area contributed by atoms with Crippen molar-refractivity contribution in [2.45, 2.75) is 12.2 Å². The van der Waals surface area contributed by atoms with Crippen molar-refractivity contribution in [2.24, 2.45) is 0 Å². The van der Waals surface area contributed by atoms with Gasteiger partial charge in [0.25, 0.3) is 0 Å². The van der Waals surface area contributed by atoms with E-state index in [0.29, 0.717) is 57.0 Å². The molecule has 0 unspecified atom stereocenters. The lowest BCUT2D eigenvalue weighted by Gasteiger charge is -2.35. The molecule has 2 aromatic heterocycles. The van der Waals surface area contributed by atoms with Crippen molar-refractivity contribution in [2.75, 3.05) is 70.2 Å². The summed E-state index contributed by atoms with van der Waals surface area (Å²) in [6.07, 6.45) is 2.97. The van der Waals surface area contributed by atoms with Gasteiger partial charge < -0.3 is 40.3 Å². The molecule has 0 saturated carbocycles. The van der Waals surface area contributed by atoms with Gasteiger partial charge in [-0.05, 0) is 18.2 Å². The first-order valence-corrected chi connectivity index (χ1v) is 14.0. The fourth-order valence-electron chi connectivity index (χ4n) is 5.23. The number of nitrogens with one attached hydrogen (secondary N) is 1. The van der Waals surface area contributed by atoms with Crippen LogP contribution in [0.3, 0.4) is 0 Å². The van der Waals surface area contributed by atoms with E-state index in [1.807, 2.05) is 9.80 Å². The number of anilines is 2. The standard InChI is InChI=1S/C28H32ClFN8O5/c1-3-22(40)37-6-8-38(9-7-37)26-16-4-5-33-27(43-25-17(13-31)19(32)12-18(30)23(25)29)24(16)34-28(35-26)42-21-15-36(10-11-39)14-20(21)41-2/h3-5,12-13,20-21,31,39H,1,6-11,14-15,32H2,2H3/t20-,21-/m1/s1. The lowest BCUT2D eigenvalue weighted by Crippen LogP contribution is -2.48. The number of aliphatic hydroxyl groups is 1. The molecule has 15 heteroatoms. The summed E-state index contributed by atoms with van der Waals surface area (Å²) >= 11 is 6.24. The van der Waals surface area contributed by atoms with Crippen molar-refractivity contribution in [1.82, 2.24) is 24.8 Å². The van der Waals surface area contributed by atoms with Crippen LogP contribution in [0.1, 0.15) is 5.56 Å². The Labute approximate surface area is 252 Å². The number of benzene rings is 1. The molecule has 0 aliphatic carbocycles. The number of carbonyl (C=O) groups excluding carboxylic acids is 1. The van der Waals surface area contributed by atoms with Gasteiger partial charge in [-0.3, -0.25) is 9.69 Å². The number of ether oxygens (including phenoxy) is 3.